The Morgan fingerprint density at radius 3 is 2.38 bits per heavy atom. The summed E-state index contributed by atoms with van der Waals surface area (Å²) in [5.41, 5.74) is -1.90. The van der Waals surface area contributed by atoms with Gasteiger partial charge in [0, 0.05) is 26.0 Å². The van der Waals surface area contributed by atoms with Crippen molar-refractivity contribution in [2.24, 2.45) is 17.3 Å². The smallest absolute Gasteiger partial charge is 0.408 e. The van der Waals surface area contributed by atoms with Gasteiger partial charge in [0.15, 0.2) is 5.78 Å². The Balaban J connectivity index is 2.26. The van der Waals surface area contributed by atoms with Gasteiger partial charge in [-0.3, -0.25) is 14.4 Å². The van der Waals surface area contributed by atoms with Crippen LogP contribution >= 0.6 is 0 Å². The normalized spacial score (nSPS) is 27.8. The molecule has 9 heteroatoms. The average Bonchev–Trinajstić information content (AvgIpc) is 3.42. The van der Waals surface area contributed by atoms with E-state index in [1.165, 1.54) is 12.0 Å². The van der Waals surface area contributed by atoms with Crippen LogP contribution in [-0.2, 0) is 23.9 Å². The van der Waals surface area contributed by atoms with E-state index in [1.807, 2.05) is 13.0 Å². The van der Waals surface area contributed by atoms with Gasteiger partial charge >= 0.3 is 12.1 Å². The van der Waals surface area contributed by atoms with E-state index < -0.39 is 35.2 Å². The Morgan fingerprint density at radius 2 is 1.86 bits per heavy atom. The number of alkyl carbamates (subject to hydrolysis) is 1. The molecule has 0 aromatic carbocycles. The average molecular weight is 521 g/mol. The lowest BCUT2D eigenvalue weighted by Crippen LogP contribution is -2.53. The number of ether oxygens (including phenoxy) is 2. The first-order valence-corrected chi connectivity index (χ1v) is 13.1. The van der Waals surface area contributed by atoms with E-state index in [2.05, 4.69) is 18.5 Å². The largest absolute Gasteiger partial charge is 0.481 e. The molecule has 2 N–H and O–H groups in total. The summed E-state index contributed by atoms with van der Waals surface area (Å²) in [6, 6.07) is -1.73. The first-order chi connectivity index (χ1) is 17.3. The number of carboxylic acid groups (broad SMARTS) is 1. The molecule has 1 saturated carbocycles. The highest BCUT2D eigenvalue weighted by atomic mass is 16.6. The molecule has 0 bridgehead atoms. The Hall–Kier alpha value is -2.68. The number of unbranched alkanes of at least 4 members (excludes halogenated alkanes) is 3. The maximum absolute atomic E-state index is 13.8. The number of allylic oxidation sites excluding steroid dienone is 2. The highest BCUT2D eigenvalue weighted by molar-refractivity contribution is 5.96. The van der Waals surface area contributed by atoms with Gasteiger partial charge in [0.05, 0.1) is 17.6 Å². The molecule has 208 valence electrons. The van der Waals surface area contributed by atoms with Gasteiger partial charge in [-0.25, -0.2) is 4.79 Å². The van der Waals surface area contributed by atoms with Gasteiger partial charge in [-0.05, 0) is 52.4 Å². The van der Waals surface area contributed by atoms with Crippen LogP contribution in [0.2, 0.25) is 0 Å². The third-order valence-corrected chi connectivity index (χ3v) is 7.44. The van der Waals surface area contributed by atoms with Crippen molar-refractivity contribution in [3.05, 3.63) is 25.3 Å². The van der Waals surface area contributed by atoms with E-state index in [-0.39, 0.29) is 42.6 Å². The molecule has 37 heavy (non-hydrogen) atoms. The zero-order valence-corrected chi connectivity index (χ0v) is 23.0. The molecule has 0 radical (unpaired) electrons. The van der Waals surface area contributed by atoms with Crippen LogP contribution < -0.4 is 5.32 Å². The van der Waals surface area contributed by atoms with Gasteiger partial charge in [-0.2, -0.15) is 0 Å². The Morgan fingerprint density at radius 1 is 1.19 bits per heavy atom. The van der Waals surface area contributed by atoms with Crippen molar-refractivity contribution in [2.45, 2.75) is 96.4 Å². The van der Waals surface area contributed by atoms with E-state index in [0.717, 1.165) is 19.3 Å². The summed E-state index contributed by atoms with van der Waals surface area (Å²) < 4.78 is 11.0. The number of carbonyl (C=O) groups excluding carboxylic acids is 3. The standard InChI is InChI=1S/C28H44N2O7/c1-8-10-11-12-13-14-20(29-26(35)37-27(4,5)6)24(32)30-17-22(36-7)18(3)23(30)21(31)16-28(25(33)34)15-19(28)9-2/h8-9,18-20,22-23H,1-2,10-17H2,3-7H3,(H,29,35)(H,33,34)/t18?,19-,20+,22+,23+,28-/m1/s1. The van der Waals surface area contributed by atoms with Gasteiger partial charge in [0.1, 0.15) is 11.6 Å². The molecule has 0 spiro atoms. The van der Waals surface area contributed by atoms with Gasteiger partial charge in [0.2, 0.25) is 5.91 Å². The zero-order valence-electron chi connectivity index (χ0n) is 23.0. The Bertz CT molecular complexity index is 880. The minimum atomic E-state index is -1.17. The van der Waals surface area contributed by atoms with Gasteiger partial charge in [-0.15, -0.1) is 13.2 Å². The Kier molecular flexibility index (Phi) is 10.5. The number of methoxy groups -OCH3 is 1. The number of rotatable bonds is 14. The summed E-state index contributed by atoms with van der Waals surface area (Å²) in [7, 11) is 1.53. The third-order valence-electron chi connectivity index (χ3n) is 7.44. The van der Waals surface area contributed by atoms with Crippen LogP contribution in [0.4, 0.5) is 4.79 Å². The van der Waals surface area contributed by atoms with E-state index >= 15 is 0 Å². The maximum Gasteiger partial charge on any atom is 0.408 e. The van der Waals surface area contributed by atoms with E-state index in [4.69, 9.17) is 9.47 Å². The molecule has 2 fully saturated rings. The summed E-state index contributed by atoms with van der Waals surface area (Å²) in [6.07, 6.45) is 6.23. The molecule has 1 aliphatic carbocycles. The molecule has 1 unspecified atom stereocenters. The van der Waals surface area contributed by atoms with Crippen LogP contribution in [0.5, 0.6) is 0 Å². The van der Waals surface area contributed by atoms with Crippen molar-refractivity contribution < 1.29 is 33.8 Å². The highest BCUT2D eigenvalue weighted by Gasteiger charge is 2.61. The first-order valence-electron chi connectivity index (χ1n) is 13.1. The fraction of sp³-hybridized carbons (Fsp3) is 0.714. The summed E-state index contributed by atoms with van der Waals surface area (Å²) in [4.78, 5) is 53.4. The number of aliphatic carboxylic acids is 1. The molecular formula is C28H44N2O7. The Labute approximate surface area is 220 Å². The lowest BCUT2D eigenvalue weighted by Gasteiger charge is -2.31. The fourth-order valence-corrected chi connectivity index (χ4v) is 5.25. The molecule has 1 aliphatic heterocycles. The lowest BCUT2D eigenvalue weighted by atomic mass is 9.88. The monoisotopic (exact) mass is 520 g/mol. The summed E-state index contributed by atoms with van der Waals surface area (Å²) >= 11 is 0. The number of nitrogens with one attached hydrogen (secondary N) is 1. The molecule has 2 amide bonds. The third kappa shape index (κ3) is 7.66. The summed E-state index contributed by atoms with van der Waals surface area (Å²) in [5, 5.41) is 12.5. The van der Waals surface area contributed by atoms with E-state index in [9.17, 15) is 24.3 Å². The van der Waals surface area contributed by atoms with Crippen LogP contribution in [0, 0.1) is 17.3 Å². The van der Waals surface area contributed by atoms with Crippen LogP contribution in [0.25, 0.3) is 0 Å². The van der Waals surface area contributed by atoms with Crippen molar-refractivity contribution in [3.63, 3.8) is 0 Å². The predicted octanol–water partition coefficient (Wildman–Crippen LogP) is 4.11. The number of ketones is 1. The number of nitrogens with zero attached hydrogens (tertiary/aromatic N) is 1. The molecule has 2 rings (SSSR count). The first kappa shape index (κ1) is 30.5. The van der Waals surface area contributed by atoms with Crippen molar-refractivity contribution in [1.29, 1.82) is 0 Å². The molecule has 0 aromatic heterocycles. The van der Waals surface area contributed by atoms with Crippen LogP contribution in [0.15, 0.2) is 25.3 Å². The van der Waals surface area contributed by atoms with Gasteiger partial charge in [0.25, 0.3) is 0 Å². The molecule has 1 saturated heterocycles. The number of likely N-dealkylation sites (tertiary alicyclic amines) is 1. The van der Waals surface area contributed by atoms with Crippen molar-refractivity contribution in [1.82, 2.24) is 10.2 Å². The number of carboxylic acids is 1. The maximum atomic E-state index is 13.8. The fourth-order valence-electron chi connectivity index (χ4n) is 5.25. The van der Waals surface area contributed by atoms with Crippen molar-refractivity contribution >= 4 is 23.8 Å². The minimum absolute atomic E-state index is 0.181. The topological polar surface area (TPSA) is 122 Å². The second kappa shape index (κ2) is 12.7. The number of hydrogen-bond donors (Lipinski definition) is 2. The number of carbonyl (C=O) groups is 4. The van der Waals surface area contributed by atoms with Crippen LogP contribution in [-0.4, -0.2) is 71.2 Å². The molecule has 0 aromatic rings. The van der Waals surface area contributed by atoms with E-state index in [0.29, 0.717) is 19.3 Å². The quantitative estimate of drug-likeness (QED) is 0.261. The lowest BCUT2D eigenvalue weighted by molar-refractivity contribution is -0.147. The van der Waals surface area contributed by atoms with Crippen LogP contribution in [0.1, 0.15) is 72.6 Å². The second-order valence-electron chi connectivity index (χ2n) is 11.3. The van der Waals surface area contributed by atoms with E-state index in [1.54, 1.807) is 26.8 Å². The SMILES string of the molecule is C=CCCCCC[C@H](NC(=O)OC(C)(C)C)C(=O)N1C[C@H](OC)C(C)[C@H]1C(=O)C[C@]1(C(=O)O)C[C@H]1C=C. The predicted molar refractivity (Wildman–Crippen MR) is 140 cm³/mol. The minimum Gasteiger partial charge on any atom is -0.481 e. The van der Waals surface area contributed by atoms with Gasteiger partial charge in [-0.1, -0.05) is 31.9 Å². The molecule has 1 heterocycles. The van der Waals surface area contributed by atoms with Crippen molar-refractivity contribution in [2.75, 3.05) is 13.7 Å². The van der Waals surface area contributed by atoms with Crippen molar-refractivity contribution in [3.8, 4) is 0 Å². The number of amides is 2. The molecule has 2 aliphatic rings. The van der Waals surface area contributed by atoms with Gasteiger partial charge < -0.3 is 24.8 Å². The number of hydrogen-bond acceptors (Lipinski definition) is 6. The molecular weight excluding hydrogens is 476 g/mol. The molecule has 9 nitrogen and oxygen atoms in total. The summed E-state index contributed by atoms with van der Waals surface area (Å²) in [5.74, 6) is -2.33. The molecule has 6 atom stereocenters. The number of Topliss-reactive ketones (excluding diaryl/α,β-unsaturated/α-hetero) is 1. The highest BCUT2D eigenvalue weighted by Crippen LogP contribution is 2.56. The van der Waals surface area contributed by atoms with Crippen LogP contribution in [0.3, 0.4) is 0 Å². The summed E-state index contributed by atoms with van der Waals surface area (Å²) in [6.45, 7) is 14.7. The zero-order chi connectivity index (χ0) is 28.0. The second-order valence-corrected chi connectivity index (χ2v) is 11.3.